The van der Waals surface area contributed by atoms with E-state index in [2.05, 4.69) is 30.2 Å². The number of aromatic nitrogens is 2. The number of methoxy groups -OCH3 is 1. The van der Waals surface area contributed by atoms with Crippen molar-refractivity contribution in [1.82, 2.24) is 15.3 Å². The smallest absolute Gasteiger partial charge is 0.325 e. The second-order valence-corrected chi connectivity index (χ2v) is 6.65. The summed E-state index contributed by atoms with van der Waals surface area (Å²) < 4.78 is 4.48. The van der Waals surface area contributed by atoms with Crippen LogP contribution in [0.1, 0.15) is 23.2 Å². The lowest BCUT2D eigenvalue weighted by Crippen LogP contribution is -2.38. The van der Waals surface area contributed by atoms with E-state index in [0.717, 1.165) is 31.7 Å². The fourth-order valence-electron chi connectivity index (χ4n) is 3.10. The summed E-state index contributed by atoms with van der Waals surface area (Å²) in [5.41, 5.74) is 1.01. The summed E-state index contributed by atoms with van der Waals surface area (Å²) >= 11 is 0. The van der Waals surface area contributed by atoms with E-state index in [-0.39, 0.29) is 24.3 Å². The first kappa shape index (κ1) is 20.2. The Morgan fingerprint density at radius 3 is 2.48 bits per heavy atom. The zero-order chi connectivity index (χ0) is 20.6. The summed E-state index contributed by atoms with van der Waals surface area (Å²) in [5.74, 6) is -0.192. The van der Waals surface area contributed by atoms with Gasteiger partial charge in [-0.2, -0.15) is 0 Å². The van der Waals surface area contributed by atoms with Crippen molar-refractivity contribution < 1.29 is 19.1 Å². The molecule has 2 amide bonds. The molecule has 0 unspecified atom stereocenters. The van der Waals surface area contributed by atoms with E-state index in [4.69, 9.17) is 0 Å². The number of hydrogen-bond donors (Lipinski definition) is 2. The van der Waals surface area contributed by atoms with Crippen LogP contribution in [-0.4, -0.2) is 54.5 Å². The second-order valence-electron chi connectivity index (χ2n) is 6.65. The quantitative estimate of drug-likeness (QED) is 0.705. The molecule has 1 aromatic carbocycles. The Labute approximate surface area is 168 Å². The number of nitrogens with one attached hydrogen (secondary N) is 2. The predicted octanol–water partition coefficient (Wildman–Crippen LogP) is 1.23. The Balaban J connectivity index is 1.48. The van der Waals surface area contributed by atoms with Crippen LogP contribution in [0.3, 0.4) is 0 Å². The van der Waals surface area contributed by atoms with Gasteiger partial charge in [0.1, 0.15) is 12.4 Å². The topological polar surface area (TPSA) is 114 Å². The van der Waals surface area contributed by atoms with Crippen LogP contribution in [-0.2, 0) is 14.3 Å². The second kappa shape index (κ2) is 9.63. The molecule has 0 spiro atoms. The number of ether oxygens (including phenoxy) is 1. The van der Waals surface area contributed by atoms with Gasteiger partial charge in [-0.05, 0) is 37.1 Å². The Hall–Kier alpha value is -3.49. The van der Waals surface area contributed by atoms with Crippen LogP contribution in [0.25, 0.3) is 0 Å². The van der Waals surface area contributed by atoms with Gasteiger partial charge in [0.25, 0.3) is 5.91 Å². The molecule has 29 heavy (non-hydrogen) atoms. The van der Waals surface area contributed by atoms with E-state index >= 15 is 0 Å². The standard InChI is InChI=1S/C20H23N5O4/c1-29-18(26)13-23-19(27)14-2-4-16(5-3-14)24-20(28)15-6-10-25(11-7-15)17-12-21-8-9-22-17/h2-5,8-9,12,15H,6-7,10-11,13H2,1H3,(H,23,27)(H,24,28). The molecule has 2 heterocycles. The molecule has 3 rings (SSSR count). The summed E-state index contributed by atoms with van der Waals surface area (Å²) in [7, 11) is 1.26. The summed E-state index contributed by atoms with van der Waals surface area (Å²) in [5, 5.41) is 5.36. The molecule has 2 aromatic rings. The van der Waals surface area contributed by atoms with Crippen molar-refractivity contribution in [3.63, 3.8) is 0 Å². The third-order valence-electron chi connectivity index (χ3n) is 4.77. The number of piperidine rings is 1. The lowest BCUT2D eigenvalue weighted by atomic mass is 9.96. The van der Waals surface area contributed by atoms with Crippen LogP contribution in [0.15, 0.2) is 42.9 Å². The third kappa shape index (κ3) is 5.50. The highest BCUT2D eigenvalue weighted by Crippen LogP contribution is 2.22. The van der Waals surface area contributed by atoms with Gasteiger partial charge < -0.3 is 20.3 Å². The van der Waals surface area contributed by atoms with Crippen LogP contribution in [0.5, 0.6) is 0 Å². The number of benzene rings is 1. The molecule has 9 nitrogen and oxygen atoms in total. The van der Waals surface area contributed by atoms with Crippen LogP contribution >= 0.6 is 0 Å². The molecule has 9 heteroatoms. The Morgan fingerprint density at radius 2 is 1.86 bits per heavy atom. The number of amides is 2. The van der Waals surface area contributed by atoms with Gasteiger partial charge in [0.2, 0.25) is 5.91 Å². The summed E-state index contributed by atoms with van der Waals surface area (Å²) in [6.07, 6.45) is 6.49. The van der Waals surface area contributed by atoms with E-state index in [0.29, 0.717) is 11.3 Å². The first-order valence-electron chi connectivity index (χ1n) is 9.33. The van der Waals surface area contributed by atoms with Gasteiger partial charge in [-0.25, -0.2) is 4.98 Å². The number of hydrogen-bond acceptors (Lipinski definition) is 7. The summed E-state index contributed by atoms with van der Waals surface area (Å²) in [4.78, 5) is 46.1. The number of anilines is 2. The first-order chi connectivity index (χ1) is 14.1. The molecule has 2 N–H and O–H groups in total. The monoisotopic (exact) mass is 397 g/mol. The van der Waals surface area contributed by atoms with Crippen molar-refractivity contribution in [2.45, 2.75) is 12.8 Å². The maximum atomic E-state index is 12.6. The van der Waals surface area contributed by atoms with Gasteiger partial charge >= 0.3 is 5.97 Å². The normalized spacial score (nSPS) is 14.2. The SMILES string of the molecule is COC(=O)CNC(=O)c1ccc(NC(=O)C2CCN(c3cnccn3)CC2)cc1. The van der Waals surface area contributed by atoms with E-state index in [1.165, 1.54) is 7.11 Å². The van der Waals surface area contributed by atoms with Gasteiger partial charge in [-0.1, -0.05) is 0 Å². The lowest BCUT2D eigenvalue weighted by molar-refractivity contribution is -0.139. The average molecular weight is 397 g/mol. The highest BCUT2D eigenvalue weighted by molar-refractivity contribution is 5.97. The predicted molar refractivity (Wildman–Crippen MR) is 106 cm³/mol. The third-order valence-corrected chi connectivity index (χ3v) is 4.77. The molecule has 1 aliphatic heterocycles. The van der Waals surface area contributed by atoms with Crippen molar-refractivity contribution in [2.75, 3.05) is 37.0 Å². The molecular weight excluding hydrogens is 374 g/mol. The maximum Gasteiger partial charge on any atom is 0.325 e. The van der Waals surface area contributed by atoms with Crippen LogP contribution in [0, 0.1) is 5.92 Å². The van der Waals surface area contributed by atoms with Crippen molar-refractivity contribution in [2.24, 2.45) is 5.92 Å². The van der Waals surface area contributed by atoms with Gasteiger partial charge in [0.05, 0.1) is 13.3 Å². The maximum absolute atomic E-state index is 12.6. The lowest BCUT2D eigenvalue weighted by Gasteiger charge is -2.31. The molecule has 0 bridgehead atoms. The number of carbonyl (C=O) groups is 3. The largest absolute Gasteiger partial charge is 0.468 e. The molecule has 1 saturated heterocycles. The fourth-order valence-corrected chi connectivity index (χ4v) is 3.10. The molecule has 1 aliphatic rings. The van der Waals surface area contributed by atoms with E-state index in [1.807, 2.05) is 0 Å². The van der Waals surface area contributed by atoms with Crippen LogP contribution in [0.4, 0.5) is 11.5 Å². The Morgan fingerprint density at radius 1 is 1.14 bits per heavy atom. The molecule has 0 radical (unpaired) electrons. The molecule has 0 saturated carbocycles. The highest BCUT2D eigenvalue weighted by Gasteiger charge is 2.25. The van der Waals surface area contributed by atoms with Crippen molar-refractivity contribution in [1.29, 1.82) is 0 Å². The Bertz CT molecular complexity index is 849. The summed E-state index contributed by atoms with van der Waals surface area (Å²) in [6, 6.07) is 6.52. The minimum absolute atomic E-state index is 0.0355. The van der Waals surface area contributed by atoms with Crippen molar-refractivity contribution in [3.05, 3.63) is 48.4 Å². The van der Waals surface area contributed by atoms with Gasteiger partial charge in [-0.3, -0.25) is 19.4 Å². The molecule has 0 atom stereocenters. The molecule has 152 valence electrons. The molecular formula is C20H23N5O4. The summed E-state index contributed by atoms with van der Waals surface area (Å²) in [6.45, 7) is 1.30. The highest BCUT2D eigenvalue weighted by atomic mass is 16.5. The number of esters is 1. The van der Waals surface area contributed by atoms with Crippen molar-refractivity contribution in [3.8, 4) is 0 Å². The van der Waals surface area contributed by atoms with E-state index in [9.17, 15) is 14.4 Å². The van der Waals surface area contributed by atoms with Crippen LogP contribution in [0.2, 0.25) is 0 Å². The fraction of sp³-hybridized carbons (Fsp3) is 0.350. The first-order valence-corrected chi connectivity index (χ1v) is 9.33. The zero-order valence-corrected chi connectivity index (χ0v) is 16.1. The molecule has 1 fully saturated rings. The van der Waals surface area contributed by atoms with Gasteiger partial charge in [0, 0.05) is 42.7 Å². The number of carbonyl (C=O) groups excluding carboxylic acids is 3. The minimum atomic E-state index is -0.521. The zero-order valence-electron chi connectivity index (χ0n) is 16.1. The average Bonchev–Trinajstić information content (AvgIpc) is 2.78. The van der Waals surface area contributed by atoms with Gasteiger partial charge in [-0.15, -0.1) is 0 Å². The van der Waals surface area contributed by atoms with Crippen LogP contribution < -0.4 is 15.5 Å². The van der Waals surface area contributed by atoms with Gasteiger partial charge in [0.15, 0.2) is 0 Å². The van der Waals surface area contributed by atoms with E-state index in [1.54, 1.807) is 42.9 Å². The molecule has 1 aromatic heterocycles. The minimum Gasteiger partial charge on any atom is -0.468 e. The number of rotatable bonds is 6. The van der Waals surface area contributed by atoms with Crippen molar-refractivity contribution >= 4 is 29.3 Å². The number of nitrogens with zero attached hydrogens (tertiary/aromatic N) is 3. The Kier molecular flexibility index (Phi) is 6.72. The van der Waals surface area contributed by atoms with E-state index < -0.39 is 5.97 Å². The molecule has 0 aliphatic carbocycles.